The van der Waals surface area contributed by atoms with Crippen LogP contribution in [0.2, 0.25) is 0 Å². The lowest BCUT2D eigenvalue weighted by Crippen LogP contribution is -2.47. The Balaban J connectivity index is 1.75. The first kappa shape index (κ1) is 9.44. The van der Waals surface area contributed by atoms with E-state index in [-0.39, 0.29) is 6.10 Å². The van der Waals surface area contributed by atoms with Crippen molar-refractivity contribution in [3.63, 3.8) is 0 Å². The van der Waals surface area contributed by atoms with Crippen molar-refractivity contribution in [2.45, 2.75) is 43.9 Å². The molecule has 1 heterocycles. The van der Waals surface area contributed by atoms with E-state index in [1.807, 2.05) is 0 Å². The Labute approximate surface area is 80.1 Å². The molecule has 2 N–H and O–H groups in total. The molecule has 0 radical (unpaired) electrons. The average molecular weight is 184 g/mol. The Morgan fingerprint density at radius 1 is 1.38 bits per heavy atom. The molecule has 1 saturated carbocycles. The molecule has 0 aromatic heterocycles. The minimum atomic E-state index is -0.123. The summed E-state index contributed by atoms with van der Waals surface area (Å²) in [6.45, 7) is 1.98. The summed E-state index contributed by atoms with van der Waals surface area (Å²) in [7, 11) is 2.18. The molecule has 1 aliphatic carbocycles. The van der Waals surface area contributed by atoms with E-state index in [9.17, 15) is 5.11 Å². The molecule has 13 heavy (non-hydrogen) atoms. The second-order valence-corrected chi connectivity index (χ2v) is 4.44. The summed E-state index contributed by atoms with van der Waals surface area (Å²) < 4.78 is 0. The molecular formula is C10H20N2O. The van der Waals surface area contributed by atoms with Gasteiger partial charge in [0.1, 0.15) is 0 Å². The molecule has 0 bridgehead atoms. The maximum Gasteiger partial charge on any atom is 0.0717 e. The number of aliphatic hydroxyl groups is 1. The molecule has 3 nitrogen and oxygen atoms in total. The van der Waals surface area contributed by atoms with Crippen molar-refractivity contribution in [2.75, 3.05) is 20.1 Å². The molecule has 1 saturated heterocycles. The van der Waals surface area contributed by atoms with Crippen molar-refractivity contribution in [1.82, 2.24) is 10.2 Å². The second kappa shape index (κ2) is 3.95. The van der Waals surface area contributed by atoms with E-state index >= 15 is 0 Å². The maximum absolute atomic E-state index is 9.62. The fourth-order valence-corrected chi connectivity index (χ4v) is 2.23. The summed E-state index contributed by atoms with van der Waals surface area (Å²) in [4.78, 5) is 2.40. The predicted octanol–water partition coefficient (Wildman–Crippen LogP) is 0.193. The van der Waals surface area contributed by atoms with Gasteiger partial charge in [-0.25, -0.2) is 0 Å². The van der Waals surface area contributed by atoms with Gasteiger partial charge in [-0.15, -0.1) is 0 Å². The summed E-state index contributed by atoms with van der Waals surface area (Å²) in [5.41, 5.74) is 0. The number of likely N-dealkylation sites (N-methyl/N-ethyl adjacent to an activating group) is 1. The number of hydrogen-bond donors (Lipinski definition) is 2. The predicted molar refractivity (Wildman–Crippen MR) is 52.7 cm³/mol. The highest BCUT2D eigenvalue weighted by atomic mass is 16.3. The molecule has 1 aliphatic heterocycles. The zero-order valence-corrected chi connectivity index (χ0v) is 8.37. The number of rotatable bonds is 3. The van der Waals surface area contributed by atoms with E-state index in [0.717, 1.165) is 25.6 Å². The van der Waals surface area contributed by atoms with E-state index in [4.69, 9.17) is 0 Å². The van der Waals surface area contributed by atoms with E-state index in [1.54, 1.807) is 0 Å². The Morgan fingerprint density at radius 2 is 2.15 bits per heavy atom. The molecule has 2 unspecified atom stereocenters. The molecular weight excluding hydrogens is 164 g/mol. The highest BCUT2D eigenvalue weighted by Gasteiger charge is 2.29. The van der Waals surface area contributed by atoms with Gasteiger partial charge < -0.3 is 15.3 Å². The standard InChI is InChI=1S/C10H20N2O/c1-12(8-3-2-4-8)7-9-10(13)5-6-11-9/h8-11,13H,2-7H2,1H3. The fourth-order valence-electron chi connectivity index (χ4n) is 2.23. The van der Waals surface area contributed by atoms with Gasteiger partial charge in [0.25, 0.3) is 0 Å². The molecule has 0 aromatic rings. The summed E-state index contributed by atoms with van der Waals surface area (Å²) in [5, 5.41) is 13.0. The van der Waals surface area contributed by atoms with Crippen LogP contribution in [-0.2, 0) is 0 Å². The first-order valence-electron chi connectivity index (χ1n) is 5.39. The van der Waals surface area contributed by atoms with Crippen molar-refractivity contribution in [3.05, 3.63) is 0 Å². The highest BCUT2D eigenvalue weighted by Crippen LogP contribution is 2.24. The zero-order chi connectivity index (χ0) is 9.26. The Morgan fingerprint density at radius 3 is 2.62 bits per heavy atom. The van der Waals surface area contributed by atoms with Crippen LogP contribution >= 0.6 is 0 Å². The molecule has 2 atom stereocenters. The smallest absolute Gasteiger partial charge is 0.0717 e. The van der Waals surface area contributed by atoms with Gasteiger partial charge in [0.2, 0.25) is 0 Å². The summed E-state index contributed by atoms with van der Waals surface area (Å²) >= 11 is 0. The molecule has 3 heteroatoms. The van der Waals surface area contributed by atoms with Crippen LogP contribution in [-0.4, -0.2) is 48.3 Å². The van der Waals surface area contributed by atoms with Crippen LogP contribution < -0.4 is 5.32 Å². The van der Waals surface area contributed by atoms with Gasteiger partial charge in [-0.2, -0.15) is 0 Å². The van der Waals surface area contributed by atoms with Gasteiger partial charge in [0.05, 0.1) is 6.10 Å². The quantitative estimate of drug-likeness (QED) is 0.657. The molecule has 76 valence electrons. The van der Waals surface area contributed by atoms with Crippen LogP contribution in [0.5, 0.6) is 0 Å². The van der Waals surface area contributed by atoms with Crippen molar-refractivity contribution >= 4 is 0 Å². The van der Waals surface area contributed by atoms with Crippen molar-refractivity contribution in [1.29, 1.82) is 0 Å². The average Bonchev–Trinajstić information content (AvgIpc) is 2.32. The van der Waals surface area contributed by atoms with Crippen molar-refractivity contribution < 1.29 is 5.11 Å². The Bertz CT molecular complexity index is 170. The normalized spacial score (nSPS) is 35.3. The van der Waals surface area contributed by atoms with Crippen LogP contribution in [0.25, 0.3) is 0 Å². The van der Waals surface area contributed by atoms with E-state index in [0.29, 0.717) is 6.04 Å². The Kier molecular flexibility index (Phi) is 2.86. The van der Waals surface area contributed by atoms with Crippen molar-refractivity contribution in [2.24, 2.45) is 0 Å². The largest absolute Gasteiger partial charge is 0.391 e. The van der Waals surface area contributed by atoms with E-state index < -0.39 is 0 Å². The van der Waals surface area contributed by atoms with Gasteiger partial charge in [0.15, 0.2) is 0 Å². The first-order valence-corrected chi connectivity index (χ1v) is 5.39. The number of nitrogens with one attached hydrogen (secondary N) is 1. The lowest BCUT2D eigenvalue weighted by atomic mass is 9.91. The summed E-state index contributed by atoms with van der Waals surface area (Å²) in [5.74, 6) is 0. The third-order valence-corrected chi connectivity index (χ3v) is 3.49. The highest BCUT2D eigenvalue weighted by molar-refractivity contribution is 4.88. The van der Waals surface area contributed by atoms with Crippen LogP contribution in [0.15, 0.2) is 0 Å². The fraction of sp³-hybridized carbons (Fsp3) is 1.00. The Hall–Kier alpha value is -0.120. The number of aliphatic hydroxyl groups excluding tert-OH is 1. The first-order chi connectivity index (χ1) is 6.27. The lowest BCUT2D eigenvalue weighted by molar-refractivity contribution is 0.101. The SMILES string of the molecule is CN(CC1NCCC1O)C1CCC1. The second-order valence-electron chi connectivity index (χ2n) is 4.44. The van der Waals surface area contributed by atoms with Gasteiger partial charge in [-0.05, 0) is 32.9 Å². The van der Waals surface area contributed by atoms with Crippen molar-refractivity contribution in [3.8, 4) is 0 Å². The topological polar surface area (TPSA) is 35.5 Å². The van der Waals surface area contributed by atoms with E-state index in [2.05, 4.69) is 17.3 Å². The minimum Gasteiger partial charge on any atom is -0.391 e. The lowest BCUT2D eigenvalue weighted by Gasteiger charge is -2.36. The molecule has 2 rings (SSSR count). The third-order valence-electron chi connectivity index (χ3n) is 3.49. The van der Waals surface area contributed by atoms with Gasteiger partial charge in [-0.3, -0.25) is 0 Å². The monoisotopic (exact) mass is 184 g/mol. The maximum atomic E-state index is 9.62. The zero-order valence-electron chi connectivity index (χ0n) is 8.37. The third kappa shape index (κ3) is 2.03. The molecule has 2 fully saturated rings. The van der Waals surface area contributed by atoms with Crippen LogP contribution in [0.3, 0.4) is 0 Å². The van der Waals surface area contributed by atoms with Crippen LogP contribution in [0, 0.1) is 0 Å². The van der Waals surface area contributed by atoms with Gasteiger partial charge in [0, 0.05) is 18.6 Å². The van der Waals surface area contributed by atoms with E-state index in [1.165, 1.54) is 19.3 Å². The number of hydrogen-bond acceptors (Lipinski definition) is 3. The molecule has 0 spiro atoms. The summed E-state index contributed by atoms with van der Waals surface area (Å²) in [6, 6.07) is 1.10. The van der Waals surface area contributed by atoms with Gasteiger partial charge in [-0.1, -0.05) is 6.42 Å². The molecule has 2 aliphatic rings. The number of nitrogens with zero attached hydrogens (tertiary/aromatic N) is 1. The van der Waals surface area contributed by atoms with Gasteiger partial charge >= 0.3 is 0 Å². The molecule has 0 amide bonds. The van der Waals surface area contributed by atoms with Crippen LogP contribution in [0.4, 0.5) is 0 Å². The summed E-state index contributed by atoms with van der Waals surface area (Å²) in [6.07, 6.45) is 4.87. The molecule has 0 aromatic carbocycles. The van der Waals surface area contributed by atoms with Crippen LogP contribution in [0.1, 0.15) is 25.7 Å². The minimum absolute atomic E-state index is 0.123.